The summed E-state index contributed by atoms with van der Waals surface area (Å²) < 4.78 is 5.33. The molecule has 1 aromatic rings. The van der Waals surface area contributed by atoms with Crippen molar-refractivity contribution in [3.8, 4) is 6.07 Å². The van der Waals surface area contributed by atoms with E-state index in [0.717, 1.165) is 25.1 Å². The Hall–Kier alpha value is -1.86. The van der Waals surface area contributed by atoms with Crippen LogP contribution in [-0.2, 0) is 9.53 Å². The van der Waals surface area contributed by atoms with Gasteiger partial charge in [-0.1, -0.05) is 6.07 Å². The third-order valence-electron chi connectivity index (χ3n) is 3.20. The average molecular weight is 244 g/mol. The molecule has 18 heavy (non-hydrogen) atoms. The zero-order chi connectivity index (χ0) is 13.0. The minimum absolute atomic E-state index is 0.0600. The fourth-order valence-corrected chi connectivity index (χ4v) is 2.12. The summed E-state index contributed by atoms with van der Waals surface area (Å²) in [5.74, 6) is -0.000665. The number of hydrogen-bond acceptors (Lipinski definition) is 3. The highest BCUT2D eigenvalue weighted by Gasteiger charge is 2.25. The molecule has 4 heteroatoms. The van der Waals surface area contributed by atoms with Gasteiger partial charge >= 0.3 is 0 Å². The second-order valence-corrected chi connectivity index (χ2v) is 4.47. The molecule has 1 heterocycles. The van der Waals surface area contributed by atoms with E-state index in [1.165, 1.54) is 0 Å². The van der Waals surface area contributed by atoms with Gasteiger partial charge in [-0.3, -0.25) is 4.79 Å². The Morgan fingerprint density at radius 1 is 1.56 bits per heavy atom. The van der Waals surface area contributed by atoms with Crippen molar-refractivity contribution in [2.24, 2.45) is 5.92 Å². The van der Waals surface area contributed by atoms with E-state index in [2.05, 4.69) is 6.07 Å². The minimum atomic E-state index is -0.0607. The second-order valence-electron chi connectivity index (χ2n) is 4.47. The van der Waals surface area contributed by atoms with E-state index in [1.54, 1.807) is 30.1 Å². The van der Waals surface area contributed by atoms with E-state index in [0.29, 0.717) is 12.2 Å². The summed E-state index contributed by atoms with van der Waals surface area (Å²) >= 11 is 0. The van der Waals surface area contributed by atoms with Crippen molar-refractivity contribution in [1.29, 1.82) is 5.26 Å². The summed E-state index contributed by atoms with van der Waals surface area (Å²) in [5.41, 5.74) is 1.32. The molecule has 1 amide bonds. The van der Waals surface area contributed by atoms with Crippen molar-refractivity contribution in [2.45, 2.75) is 12.8 Å². The van der Waals surface area contributed by atoms with Crippen LogP contribution in [0.15, 0.2) is 24.3 Å². The monoisotopic (exact) mass is 244 g/mol. The highest BCUT2D eigenvalue weighted by atomic mass is 16.5. The van der Waals surface area contributed by atoms with Gasteiger partial charge in [-0.25, -0.2) is 0 Å². The summed E-state index contributed by atoms with van der Waals surface area (Å²) in [6, 6.07) is 9.15. The van der Waals surface area contributed by atoms with Gasteiger partial charge in [0.2, 0.25) is 5.91 Å². The molecule has 0 saturated carbocycles. The van der Waals surface area contributed by atoms with Crippen LogP contribution in [0.3, 0.4) is 0 Å². The normalized spacial score (nSPS) is 19.0. The van der Waals surface area contributed by atoms with Gasteiger partial charge in [0.1, 0.15) is 0 Å². The summed E-state index contributed by atoms with van der Waals surface area (Å²) in [5, 5.41) is 8.86. The van der Waals surface area contributed by atoms with Gasteiger partial charge < -0.3 is 9.64 Å². The molecule has 4 nitrogen and oxygen atoms in total. The average Bonchev–Trinajstić information content (AvgIpc) is 2.46. The van der Waals surface area contributed by atoms with Crippen molar-refractivity contribution in [3.63, 3.8) is 0 Å². The molecule has 1 fully saturated rings. The molecule has 0 bridgehead atoms. The maximum absolute atomic E-state index is 12.3. The lowest BCUT2D eigenvalue weighted by Gasteiger charge is -2.26. The lowest BCUT2D eigenvalue weighted by Crippen LogP contribution is -2.37. The lowest BCUT2D eigenvalue weighted by atomic mass is 10.0. The number of carbonyl (C=O) groups is 1. The number of hydrogen-bond donors (Lipinski definition) is 0. The van der Waals surface area contributed by atoms with Crippen LogP contribution in [-0.4, -0.2) is 26.2 Å². The van der Waals surface area contributed by atoms with Crippen LogP contribution in [0.25, 0.3) is 0 Å². The summed E-state index contributed by atoms with van der Waals surface area (Å²) in [6.07, 6.45) is 1.81. The number of ether oxygens (including phenoxy) is 1. The Bertz CT molecular complexity index is 473. The molecule has 2 rings (SSSR count). The first-order valence-corrected chi connectivity index (χ1v) is 6.08. The largest absolute Gasteiger partial charge is 0.381 e. The van der Waals surface area contributed by atoms with Crippen molar-refractivity contribution in [3.05, 3.63) is 29.8 Å². The Morgan fingerprint density at radius 2 is 2.39 bits per heavy atom. The Labute approximate surface area is 107 Å². The molecule has 0 spiro atoms. The van der Waals surface area contributed by atoms with Crippen LogP contribution < -0.4 is 4.90 Å². The number of amides is 1. The van der Waals surface area contributed by atoms with E-state index < -0.39 is 0 Å². The molecule has 0 aliphatic carbocycles. The van der Waals surface area contributed by atoms with Gasteiger partial charge in [0, 0.05) is 19.3 Å². The number of nitrogens with zero attached hydrogens (tertiary/aromatic N) is 2. The van der Waals surface area contributed by atoms with Crippen LogP contribution in [0.2, 0.25) is 0 Å². The van der Waals surface area contributed by atoms with Crippen molar-refractivity contribution >= 4 is 11.6 Å². The highest BCUT2D eigenvalue weighted by Crippen LogP contribution is 2.21. The molecule has 1 atom stereocenters. The third-order valence-corrected chi connectivity index (χ3v) is 3.20. The summed E-state index contributed by atoms with van der Waals surface area (Å²) in [7, 11) is 1.74. The topological polar surface area (TPSA) is 53.3 Å². The Balaban J connectivity index is 2.12. The molecule has 0 N–H and O–H groups in total. The molecule has 0 radical (unpaired) electrons. The van der Waals surface area contributed by atoms with Crippen molar-refractivity contribution in [1.82, 2.24) is 0 Å². The zero-order valence-corrected chi connectivity index (χ0v) is 10.4. The van der Waals surface area contributed by atoms with Gasteiger partial charge in [-0.05, 0) is 31.0 Å². The third kappa shape index (κ3) is 2.69. The number of nitriles is 1. The highest BCUT2D eigenvalue weighted by molar-refractivity contribution is 5.94. The maximum Gasteiger partial charge on any atom is 0.232 e. The standard InChI is InChI=1S/C14H16N2O2/c1-16(13-6-2-4-11(8-13)9-15)14(17)12-5-3-7-18-10-12/h2,4,6,8,12H,3,5,7,10H2,1H3. The molecular weight excluding hydrogens is 228 g/mol. The van der Waals surface area contributed by atoms with Gasteiger partial charge in [-0.2, -0.15) is 5.26 Å². The predicted molar refractivity (Wildman–Crippen MR) is 68.1 cm³/mol. The Kier molecular flexibility index (Phi) is 3.96. The molecule has 0 aromatic heterocycles. The van der Waals surface area contributed by atoms with Crippen LogP contribution >= 0.6 is 0 Å². The fraction of sp³-hybridized carbons (Fsp3) is 0.429. The van der Waals surface area contributed by atoms with Crippen molar-refractivity contribution < 1.29 is 9.53 Å². The van der Waals surface area contributed by atoms with Crippen LogP contribution in [0.1, 0.15) is 18.4 Å². The number of carbonyl (C=O) groups excluding carboxylic acids is 1. The molecule has 1 aliphatic rings. The second kappa shape index (κ2) is 5.65. The van der Waals surface area contributed by atoms with Gasteiger partial charge in [0.25, 0.3) is 0 Å². The lowest BCUT2D eigenvalue weighted by molar-refractivity contribution is -0.125. The van der Waals surface area contributed by atoms with E-state index in [-0.39, 0.29) is 11.8 Å². The SMILES string of the molecule is CN(C(=O)C1CCCOC1)c1cccc(C#N)c1. The quantitative estimate of drug-likeness (QED) is 0.799. The molecule has 1 saturated heterocycles. The first-order chi connectivity index (χ1) is 8.72. The maximum atomic E-state index is 12.3. The summed E-state index contributed by atoms with van der Waals surface area (Å²) in [4.78, 5) is 13.9. The van der Waals surface area contributed by atoms with Gasteiger partial charge in [0.05, 0.1) is 24.2 Å². The predicted octanol–water partition coefficient (Wildman–Crippen LogP) is 1.95. The van der Waals surface area contributed by atoms with Crippen molar-refractivity contribution in [2.75, 3.05) is 25.2 Å². The van der Waals surface area contributed by atoms with Crippen LogP contribution in [0.4, 0.5) is 5.69 Å². The van der Waals surface area contributed by atoms with Gasteiger partial charge in [-0.15, -0.1) is 0 Å². The smallest absolute Gasteiger partial charge is 0.232 e. The summed E-state index contributed by atoms with van der Waals surface area (Å²) in [6.45, 7) is 1.25. The van der Waals surface area contributed by atoms with E-state index in [4.69, 9.17) is 10.00 Å². The fourth-order valence-electron chi connectivity index (χ4n) is 2.12. The molecule has 1 aromatic carbocycles. The van der Waals surface area contributed by atoms with E-state index >= 15 is 0 Å². The first-order valence-electron chi connectivity index (χ1n) is 6.08. The molecule has 1 aliphatic heterocycles. The zero-order valence-electron chi connectivity index (χ0n) is 10.4. The molecule has 1 unspecified atom stereocenters. The van der Waals surface area contributed by atoms with E-state index in [9.17, 15) is 4.79 Å². The number of rotatable bonds is 2. The van der Waals surface area contributed by atoms with E-state index in [1.807, 2.05) is 6.07 Å². The van der Waals surface area contributed by atoms with Crippen LogP contribution in [0, 0.1) is 17.2 Å². The number of anilines is 1. The van der Waals surface area contributed by atoms with Crippen LogP contribution in [0.5, 0.6) is 0 Å². The molecule has 94 valence electrons. The Morgan fingerprint density at radius 3 is 3.06 bits per heavy atom. The minimum Gasteiger partial charge on any atom is -0.381 e. The van der Waals surface area contributed by atoms with Gasteiger partial charge in [0.15, 0.2) is 0 Å². The first kappa shape index (κ1) is 12.6. The molecular formula is C14H16N2O2. The number of benzene rings is 1.